The Morgan fingerprint density at radius 1 is 1.14 bits per heavy atom. The fourth-order valence-electron chi connectivity index (χ4n) is 3.95. The van der Waals surface area contributed by atoms with E-state index in [-0.39, 0.29) is 17.7 Å². The summed E-state index contributed by atoms with van der Waals surface area (Å²) in [5, 5.41) is 10.1. The van der Waals surface area contributed by atoms with Gasteiger partial charge in [-0.2, -0.15) is 0 Å². The quantitative estimate of drug-likeness (QED) is 0.862. The zero-order valence-electron chi connectivity index (χ0n) is 14.0. The highest BCUT2D eigenvalue weighted by molar-refractivity contribution is 5.80. The lowest BCUT2D eigenvalue weighted by molar-refractivity contribution is -0.335. The van der Waals surface area contributed by atoms with Crippen LogP contribution in [0.1, 0.15) is 59.8 Å². The smallest absolute Gasteiger partial charge is 0.169 e. The molecule has 5 heteroatoms. The minimum atomic E-state index is -1.10. The zero-order valence-corrected chi connectivity index (χ0v) is 14.0. The molecule has 2 aliphatic rings. The molecular formula is C17H28O5. The van der Waals surface area contributed by atoms with Crippen molar-refractivity contribution in [3.8, 4) is 0 Å². The summed E-state index contributed by atoms with van der Waals surface area (Å²) >= 11 is 0. The van der Waals surface area contributed by atoms with Crippen molar-refractivity contribution in [1.29, 1.82) is 0 Å². The van der Waals surface area contributed by atoms with E-state index in [0.717, 1.165) is 19.3 Å². The average molecular weight is 312 g/mol. The number of ketones is 2. The van der Waals surface area contributed by atoms with E-state index in [1.165, 1.54) is 6.92 Å². The molecule has 1 unspecified atom stereocenters. The predicted molar refractivity (Wildman–Crippen MR) is 81.3 cm³/mol. The Hall–Kier alpha value is -0.780. The highest BCUT2D eigenvalue weighted by Crippen LogP contribution is 2.44. The summed E-state index contributed by atoms with van der Waals surface area (Å²) in [6.45, 7) is 7.17. The molecule has 0 radical (unpaired) electrons. The van der Waals surface area contributed by atoms with Crippen LogP contribution in [0.5, 0.6) is 0 Å². The number of aliphatic hydroxyl groups is 1. The van der Waals surface area contributed by atoms with E-state index >= 15 is 0 Å². The van der Waals surface area contributed by atoms with Crippen LogP contribution >= 0.6 is 0 Å². The average Bonchev–Trinajstić information content (AvgIpc) is 2.34. The van der Waals surface area contributed by atoms with Gasteiger partial charge < -0.3 is 14.6 Å². The Morgan fingerprint density at radius 2 is 1.73 bits per heavy atom. The van der Waals surface area contributed by atoms with Crippen LogP contribution in [-0.4, -0.2) is 40.8 Å². The summed E-state index contributed by atoms with van der Waals surface area (Å²) in [4.78, 5) is 22.9. The Balaban J connectivity index is 2.15. The number of ether oxygens (including phenoxy) is 2. The van der Waals surface area contributed by atoms with E-state index in [0.29, 0.717) is 24.7 Å². The van der Waals surface area contributed by atoms with Gasteiger partial charge in [-0.05, 0) is 38.5 Å². The molecule has 1 N–H and O–H groups in total. The molecular weight excluding hydrogens is 284 g/mol. The van der Waals surface area contributed by atoms with Crippen molar-refractivity contribution >= 4 is 11.6 Å². The number of hydrogen-bond donors (Lipinski definition) is 1. The van der Waals surface area contributed by atoms with Gasteiger partial charge in [0, 0.05) is 19.3 Å². The lowest BCUT2D eigenvalue weighted by atomic mass is 9.81. The van der Waals surface area contributed by atoms with Gasteiger partial charge >= 0.3 is 0 Å². The van der Waals surface area contributed by atoms with Crippen LogP contribution in [0, 0.1) is 11.8 Å². The monoisotopic (exact) mass is 312 g/mol. The molecule has 1 spiro atoms. The molecule has 2 heterocycles. The Kier molecular flexibility index (Phi) is 5.41. The molecule has 0 aliphatic carbocycles. The van der Waals surface area contributed by atoms with Crippen LogP contribution in [0.25, 0.3) is 0 Å². The molecule has 0 aromatic carbocycles. The van der Waals surface area contributed by atoms with Gasteiger partial charge in [-0.3, -0.25) is 9.59 Å². The third kappa shape index (κ3) is 4.15. The first-order chi connectivity index (χ1) is 10.2. The summed E-state index contributed by atoms with van der Waals surface area (Å²) < 4.78 is 12.2. The second-order valence-electron chi connectivity index (χ2n) is 7.36. The van der Waals surface area contributed by atoms with Crippen LogP contribution < -0.4 is 0 Å². The zero-order chi connectivity index (χ0) is 16.5. The van der Waals surface area contributed by atoms with Crippen LogP contribution in [0.4, 0.5) is 0 Å². The normalized spacial score (nSPS) is 40.4. The number of rotatable bonds is 4. The van der Waals surface area contributed by atoms with Gasteiger partial charge in [-0.1, -0.05) is 13.8 Å². The molecule has 0 aromatic rings. The first kappa shape index (κ1) is 17.6. The Morgan fingerprint density at radius 3 is 2.27 bits per heavy atom. The van der Waals surface area contributed by atoms with Gasteiger partial charge in [0.2, 0.25) is 0 Å². The lowest BCUT2D eigenvalue weighted by Gasteiger charge is -2.50. The first-order valence-electron chi connectivity index (χ1n) is 8.24. The van der Waals surface area contributed by atoms with Gasteiger partial charge in [0.25, 0.3) is 0 Å². The maximum atomic E-state index is 11.5. The minimum Gasteiger partial charge on any atom is -0.383 e. The number of carbonyl (C=O) groups excluding carboxylic acids is 2. The molecule has 0 aromatic heterocycles. The van der Waals surface area contributed by atoms with Crippen molar-refractivity contribution in [2.75, 3.05) is 0 Å². The number of aliphatic hydroxyl groups excluding tert-OH is 1. The van der Waals surface area contributed by atoms with Crippen LogP contribution in [0.3, 0.4) is 0 Å². The van der Waals surface area contributed by atoms with Crippen LogP contribution in [0.15, 0.2) is 0 Å². The fraction of sp³-hybridized carbons (Fsp3) is 0.882. The molecule has 6 atom stereocenters. The highest BCUT2D eigenvalue weighted by Gasteiger charge is 2.48. The maximum absolute atomic E-state index is 11.5. The van der Waals surface area contributed by atoms with Gasteiger partial charge in [0.15, 0.2) is 11.6 Å². The number of Topliss-reactive ketones (excluding diaryl/α,β-unsaturated/α-hetero) is 2. The van der Waals surface area contributed by atoms with E-state index in [4.69, 9.17) is 9.47 Å². The van der Waals surface area contributed by atoms with E-state index in [1.54, 1.807) is 6.92 Å². The fourth-order valence-corrected chi connectivity index (χ4v) is 3.95. The molecule has 0 amide bonds. The van der Waals surface area contributed by atoms with E-state index < -0.39 is 18.0 Å². The summed E-state index contributed by atoms with van der Waals surface area (Å²) in [7, 11) is 0. The van der Waals surface area contributed by atoms with Gasteiger partial charge in [-0.25, -0.2) is 0 Å². The van der Waals surface area contributed by atoms with Crippen molar-refractivity contribution in [1.82, 2.24) is 0 Å². The number of hydrogen-bond acceptors (Lipinski definition) is 5. The third-order valence-corrected chi connectivity index (χ3v) is 4.65. The lowest BCUT2D eigenvalue weighted by Crippen LogP contribution is -2.55. The first-order valence-corrected chi connectivity index (χ1v) is 8.24. The standard InChI is InChI=1S/C17H28O5/c1-10-5-14(7-12(3)18)21-17(8-10)9-11(2)6-15(22-17)16(20)13(4)19/h10-11,14-16,20H,5-9H2,1-4H3/t10?,11-,14+,15+,16+,17+/m1/s1. The van der Waals surface area contributed by atoms with Crippen molar-refractivity contribution < 1.29 is 24.2 Å². The topological polar surface area (TPSA) is 72.8 Å². The van der Waals surface area contributed by atoms with Gasteiger partial charge in [0.05, 0.1) is 12.2 Å². The Bertz CT molecular complexity index is 431. The summed E-state index contributed by atoms with van der Waals surface area (Å²) in [6, 6.07) is 0. The second-order valence-corrected chi connectivity index (χ2v) is 7.36. The molecule has 126 valence electrons. The predicted octanol–water partition coefficient (Wildman–Crippen LogP) is 2.24. The summed E-state index contributed by atoms with van der Waals surface area (Å²) in [5.41, 5.74) is 0. The van der Waals surface area contributed by atoms with E-state index in [1.807, 2.05) is 0 Å². The maximum Gasteiger partial charge on any atom is 0.169 e. The Labute approximate surface area is 132 Å². The molecule has 2 aliphatic heterocycles. The van der Waals surface area contributed by atoms with Crippen molar-refractivity contribution in [3.63, 3.8) is 0 Å². The van der Waals surface area contributed by atoms with Crippen molar-refractivity contribution in [3.05, 3.63) is 0 Å². The molecule has 2 rings (SSSR count). The third-order valence-electron chi connectivity index (χ3n) is 4.65. The SMILES string of the molecule is CC(=O)C[C@@H]1CC(C)C[C@]2(C[C@H](C)C[C@@H]([C@@H](O)C(C)=O)O2)O1. The molecule has 22 heavy (non-hydrogen) atoms. The number of carbonyl (C=O) groups is 2. The molecule has 2 saturated heterocycles. The summed E-state index contributed by atoms with van der Waals surface area (Å²) in [6.07, 6.45) is 1.61. The molecule has 0 saturated carbocycles. The molecule has 2 fully saturated rings. The van der Waals surface area contributed by atoms with E-state index in [9.17, 15) is 14.7 Å². The van der Waals surface area contributed by atoms with Gasteiger partial charge in [0.1, 0.15) is 11.9 Å². The molecule has 0 bridgehead atoms. The minimum absolute atomic E-state index is 0.110. The van der Waals surface area contributed by atoms with Crippen molar-refractivity contribution in [2.24, 2.45) is 11.8 Å². The second kappa shape index (κ2) is 6.77. The summed E-state index contributed by atoms with van der Waals surface area (Å²) in [5.74, 6) is -0.248. The highest BCUT2D eigenvalue weighted by atomic mass is 16.7. The molecule has 5 nitrogen and oxygen atoms in total. The largest absolute Gasteiger partial charge is 0.383 e. The van der Waals surface area contributed by atoms with E-state index in [2.05, 4.69) is 13.8 Å². The van der Waals surface area contributed by atoms with Crippen LogP contribution in [-0.2, 0) is 19.1 Å². The van der Waals surface area contributed by atoms with Crippen LogP contribution in [0.2, 0.25) is 0 Å². The van der Waals surface area contributed by atoms with Crippen molar-refractivity contribution in [2.45, 2.75) is 83.9 Å². The van der Waals surface area contributed by atoms with Gasteiger partial charge in [-0.15, -0.1) is 0 Å².